The Labute approximate surface area is 278 Å². The van der Waals surface area contributed by atoms with Gasteiger partial charge in [0.05, 0.1) is 49.0 Å². The number of benzene rings is 1. The molecule has 0 saturated heterocycles. The van der Waals surface area contributed by atoms with Gasteiger partial charge in [-0.05, 0) is 110 Å². The standard InChI is InChI=1S/C10H11NO.2C9H13NO.C8H11NO.2CH4/c1-8(2)12-10-6-4-3-5-9(10)7-11;1-7(2)11-9-4-8(3)5-10-6-9;1-8(2)11-7-9-4-3-5-10-6-9;1-7(2)10-8-4-3-5-9-6-8;;/h3-6,8H,1-2H3;4-7H,1-3H3;3-6,8H,7H2,1-2H3;3-7H,1-2H3;2*1H4. The molecule has 1 aromatic carbocycles. The summed E-state index contributed by atoms with van der Waals surface area (Å²) in [5, 5.41) is 8.70. The summed E-state index contributed by atoms with van der Waals surface area (Å²) in [5.74, 6) is 2.34. The van der Waals surface area contributed by atoms with Crippen LogP contribution in [0.15, 0.2) is 91.8 Å². The number of pyridine rings is 3. The van der Waals surface area contributed by atoms with E-state index in [1.54, 1.807) is 36.9 Å². The van der Waals surface area contributed by atoms with Crippen molar-refractivity contribution < 1.29 is 18.9 Å². The molecule has 0 aliphatic rings. The first-order valence-electron chi connectivity index (χ1n) is 14.8. The summed E-state index contributed by atoms with van der Waals surface area (Å²) in [6.07, 6.45) is 11.4. The molecular formula is C38H56N4O4. The van der Waals surface area contributed by atoms with E-state index in [9.17, 15) is 0 Å². The van der Waals surface area contributed by atoms with Crippen molar-refractivity contribution in [2.24, 2.45) is 0 Å². The van der Waals surface area contributed by atoms with Gasteiger partial charge in [0.2, 0.25) is 0 Å². The van der Waals surface area contributed by atoms with E-state index in [0.29, 0.717) is 17.9 Å². The number of para-hydroxylation sites is 1. The van der Waals surface area contributed by atoms with Crippen molar-refractivity contribution in [3.8, 4) is 23.3 Å². The molecule has 0 aliphatic heterocycles. The van der Waals surface area contributed by atoms with Crippen molar-refractivity contribution in [3.63, 3.8) is 0 Å². The molecule has 4 aromatic rings. The molecule has 0 amide bonds. The van der Waals surface area contributed by atoms with Crippen molar-refractivity contribution in [2.75, 3.05) is 0 Å². The summed E-state index contributed by atoms with van der Waals surface area (Å²) < 4.78 is 21.6. The molecule has 0 atom stereocenters. The van der Waals surface area contributed by atoms with Gasteiger partial charge in [0.1, 0.15) is 23.3 Å². The smallest absolute Gasteiger partial charge is 0.138 e. The summed E-state index contributed by atoms with van der Waals surface area (Å²) >= 11 is 0. The van der Waals surface area contributed by atoms with E-state index >= 15 is 0 Å². The zero-order chi connectivity index (χ0) is 32.7. The normalized spacial score (nSPS) is 9.57. The van der Waals surface area contributed by atoms with Crippen molar-refractivity contribution >= 4 is 0 Å². The highest BCUT2D eigenvalue weighted by molar-refractivity contribution is 5.42. The van der Waals surface area contributed by atoms with Gasteiger partial charge in [-0.3, -0.25) is 15.0 Å². The number of hydrogen-bond donors (Lipinski definition) is 0. The quantitative estimate of drug-likeness (QED) is 0.180. The van der Waals surface area contributed by atoms with Crippen LogP contribution < -0.4 is 14.2 Å². The number of rotatable bonds is 9. The Kier molecular flexibility index (Phi) is 24.5. The highest BCUT2D eigenvalue weighted by Crippen LogP contribution is 2.17. The van der Waals surface area contributed by atoms with Gasteiger partial charge in [-0.1, -0.05) is 33.1 Å². The van der Waals surface area contributed by atoms with Gasteiger partial charge in [0, 0.05) is 24.8 Å². The fraction of sp³-hybridized carbons (Fsp3) is 0.421. The molecule has 8 nitrogen and oxygen atoms in total. The van der Waals surface area contributed by atoms with Gasteiger partial charge in [-0.2, -0.15) is 5.26 Å². The lowest BCUT2D eigenvalue weighted by Gasteiger charge is -2.09. The zero-order valence-electron chi connectivity index (χ0n) is 27.6. The predicted molar refractivity (Wildman–Crippen MR) is 189 cm³/mol. The van der Waals surface area contributed by atoms with E-state index in [1.807, 2.05) is 117 Å². The molecule has 0 N–H and O–H groups in total. The van der Waals surface area contributed by atoms with Gasteiger partial charge in [0.25, 0.3) is 0 Å². The molecule has 0 fully saturated rings. The maximum absolute atomic E-state index is 8.70. The van der Waals surface area contributed by atoms with E-state index in [2.05, 4.69) is 21.0 Å². The second kappa shape index (κ2) is 25.8. The van der Waals surface area contributed by atoms with Gasteiger partial charge in [0.15, 0.2) is 0 Å². The lowest BCUT2D eigenvalue weighted by atomic mass is 10.2. The fourth-order valence-corrected chi connectivity index (χ4v) is 3.21. The van der Waals surface area contributed by atoms with E-state index in [-0.39, 0.29) is 39.3 Å². The Morgan fingerprint density at radius 2 is 1.20 bits per heavy atom. The maximum atomic E-state index is 8.70. The van der Waals surface area contributed by atoms with Crippen LogP contribution in [0.1, 0.15) is 86.9 Å². The molecule has 3 heterocycles. The average Bonchev–Trinajstić information content (AvgIpc) is 2.98. The third kappa shape index (κ3) is 22.1. The van der Waals surface area contributed by atoms with Crippen LogP contribution >= 0.6 is 0 Å². The summed E-state index contributed by atoms with van der Waals surface area (Å²) in [7, 11) is 0. The van der Waals surface area contributed by atoms with Gasteiger partial charge >= 0.3 is 0 Å². The summed E-state index contributed by atoms with van der Waals surface area (Å²) in [6, 6.07) is 19.0. The topological polar surface area (TPSA) is 99.4 Å². The molecule has 3 aromatic heterocycles. The second-order valence-corrected chi connectivity index (χ2v) is 10.7. The van der Waals surface area contributed by atoms with E-state index < -0.39 is 0 Å². The molecule has 8 heteroatoms. The minimum atomic E-state index is 0. The number of aryl methyl sites for hydroxylation is 1. The Hall–Kier alpha value is -4.48. The molecule has 46 heavy (non-hydrogen) atoms. The largest absolute Gasteiger partial charge is 0.490 e. The molecule has 0 radical (unpaired) electrons. The van der Waals surface area contributed by atoms with Crippen LogP contribution in [0.25, 0.3) is 0 Å². The van der Waals surface area contributed by atoms with Gasteiger partial charge in [-0.25, -0.2) is 0 Å². The molecule has 252 valence electrons. The predicted octanol–water partition coefficient (Wildman–Crippen LogP) is 9.67. The van der Waals surface area contributed by atoms with Crippen molar-refractivity contribution in [1.82, 2.24) is 15.0 Å². The lowest BCUT2D eigenvalue weighted by Crippen LogP contribution is -2.06. The molecule has 0 unspecified atom stereocenters. The number of nitriles is 1. The Morgan fingerprint density at radius 1 is 0.630 bits per heavy atom. The number of hydrogen-bond acceptors (Lipinski definition) is 8. The van der Waals surface area contributed by atoms with Crippen LogP contribution in [0.4, 0.5) is 0 Å². The first-order valence-corrected chi connectivity index (χ1v) is 14.8. The highest BCUT2D eigenvalue weighted by Gasteiger charge is 2.02. The van der Waals surface area contributed by atoms with Crippen molar-refractivity contribution in [2.45, 2.75) is 108 Å². The van der Waals surface area contributed by atoms with Crippen LogP contribution in [0.2, 0.25) is 0 Å². The summed E-state index contributed by atoms with van der Waals surface area (Å²) in [4.78, 5) is 11.9. The Balaban J connectivity index is 0. The van der Waals surface area contributed by atoms with E-state index in [1.165, 1.54) is 0 Å². The lowest BCUT2D eigenvalue weighted by molar-refractivity contribution is 0.0655. The van der Waals surface area contributed by atoms with Crippen molar-refractivity contribution in [3.05, 3.63) is 108 Å². The summed E-state index contributed by atoms with van der Waals surface area (Å²) in [6.45, 7) is 18.6. The van der Waals surface area contributed by atoms with Crippen LogP contribution in [-0.2, 0) is 11.3 Å². The number of nitrogens with zero attached hydrogens (tertiary/aromatic N) is 4. The van der Waals surface area contributed by atoms with Crippen molar-refractivity contribution in [1.29, 1.82) is 5.26 Å². The third-order valence-electron chi connectivity index (χ3n) is 4.90. The molecular weight excluding hydrogens is 576 g/mol. The summed E-state index contributed by atoms with van der Waals surface area (Å²) in [5.41, 5.74) is 2.84. The van der Waals surface area contributed by atoms with Crippen LogP contribution in [0, 0.1) is 18.3 Å². The SMILES string of the molecule is C.C.CC(C)OCc1cccnc1.CC(C)Oc1ccccc1C#N.CC(C)Oc1cccnc1.Cc1cncc(OC(C)C)c1. The zero-order valence-corrected chi connectivity index (χ0v) is 27.6. The Bertz CT molecular complexity index is 1330. The van der Waals surface area contributed by atoms with Crippen LogP contribution in [0.5, 0.6) is 17.2 Å². The van der Waals surface area contributed by atoms with E-state index in [0.717, 1.165) is 22.6 Å². The fourth-order valence-electron chi connectivity index (χ4n) is 3.21. The van der Waals surface area contributed by atoms with Crippen LogP contribution in [-0.4, -0.2) is 39.4 Å². The van der Waals surface area contributed by atoms with E-state index in [4.69, 9.17) is 24.2 Å². The number of ether oxygens (including phenoxy) is 4. The van der Waals surface area contributed by atoms with Gasteiger partial charge in [-0.15, -0.1) is 0 Å². The highest BCUT2D eigenvalue weighted by atomic mass is 16.5. The average molecular weight is 633 g/mol. The Morgan fingerprint density at radius 3 is 1.70 bits per heavy atom. The van der Waals surface area contributed by atoms with Crippen LogP contribution in [0.3, 0.4) is 0 Å². The first kappa shape index (κ1) is 43.6. The maximum Gasteiger partial charge on any atom is 0.138 e. The molecule has 4 rings (SSSR count). The minimum absolute atomic E-state index is 0. The monoisotopic (exact) mass is 632 g/mol. The molecule has 0 bridgehead atoms. The minimum Gasteiger partial charge on any atom is -0.490 e. The number of aromatic nitrogens is 3. The molecule has 0 spiro atoms. The second-order valence-electron chi connectivity index (χ2n) is 10.7. The molecule has 0 aliphatic carbocycles. The first-order chi connectivity index (χ1) is 21.0. The third-order valence-corrected chi connectivity index (χ3v) is 4.90. The van der Waals surface area contributed by atoms with Gasteiger partial charge < -0.3 is 18.9 Å². The molecule has 0 saturated carbocycles.